The number of thiophene rings is 1. The Morgan fingerprint density at radius 1 is 1.14 bits per heavy atom. The van der Waals surface area contributed by atoms with Gasteiger partial charge in [-0.15, -0.1) is 28.3 Å². The molecule has 0 amide bonds. The second-order valence-electron chi connectivity index (χ2n) is 5.79. The van der Waals surface area contributed by atoms with Gasteiger partial charge < -0.3 is 15.5 Å². The molecule has 0 spiro atoms. The summed E-state index contributed by atoms with van der Waals surface area (Å²) in [4.78, 5) is 2.77. The topological polar surface area (TPSA) is 52.5 Å². The zero-order chi connectivity index (χ0) is 13.9. The maximum absolute atomic E-state index is 9.85. The highest BCUT2D eigenvalue weighted by atomic mass is 79.9. The molecule has 1 aromatic carbocycles. The molecule has 1 aliphatic carbocycles. The van der Waals surface area contributed by atoms with Crippen LogP contribution in [0.4, 0.5) is 0 Å². The molecule has 0 bridgehead atoms. The summed E-state index contributed by atoms with van der Waals surface area (Å²) in [5.41, 5.74) is 3.73. The predicted octanol–water partition coefficient (Wildman–Crippen LogP) is 3.60. The molecule has 3 nitrogen and oxygen atoms in total. The summed E-state index contributed by atoms with van der Waals surface area (Å²) in [6.45, 7) is 3.09. The minimum absolute atomic E-state index is 0. The lowest BCUT2D eigenvalue weighted by Crippen LogP contribution is -2.41. The Kier molecular flexibility index (Phi) is 3.76. The Morgan fingerprint density at radius 2 is 1.90 bits per heavy atom. The van der Waals surface area contributed by atoms with E-state index < -0.39 is 0 Å². The number of nitrogens with one attached hydrogen (secondary N) is 1. The van der Waals surface area contributed by atoms with E-state index in [1.807, 2.05) is 11.3 Å². The molecule has 2 atom stereocenters. The van der Waals surface area contributed by atoms with Crippen molar-refractivity contribution < 1.29 is 10.2 Å². The third kappa shape index (κ3) is 2.28. The molecule has 2 aromatic rings. The molecule has 0 radical (unpaired) electrons. The number of fused-ring (bicyclic) bond motifs is 5. The fourth-order valence-corrected chi connectivity index (χ4v) is 4.84. The zero-order valence-electron chi connectivity index (χ0n) is 11.7. The van der Waals surface area contributed by atoms with Gasteiger partial charge in [0.05, 0.1) is 0 Å². The van der Waals surface area contributed by atoms with Gasteiger partial charge in [-0.3, -0.25) is 0 Å². The molecule has 0 fully saturated rings. The largest absolute Gasteiger partial charge is 0.504 e. The van der Waals surface area contributed by atoms with Gasteiger partial charge in [0.2, 0.25) is 0 Å². The van der Waals surface area contributed by atoms with E-state index in [2.05, 4.69) is 18.3 Å². The summed E-state index contributed by atoms with van der Waals surface area (Å²) in [5, 5.41) is 23.2. The normalized spacial score (nSPS) is 22.7. The SMILES string of the molecule is Br.Cc1cc2c(s1)C1c3cc(O)c(O)cc3CCC1NC2. The van der Waals surface area contributed by atoms with E-state index in [1.165, 1.54) is 26.4 Å². The molecule has 3 N–H and O–H groups in total. The molecule has 112 valence electrons. The van der Waals surface area contributed by atoms with E-state index in [9.17, 15) is 10.2 Å². The van der Waals surface area contributed by atoms with Crippen LogP contribution < -0.4 is 5.32 Å². The van der Waals surface area contributed by atoms with Gasteiger partial charge in [-0.05, 0) is 54.7 Å². The molecule has 21 heavy (non-hydrogen) atoms. The second-order valence-corrected chi connectivity index (χ2v) is 7.08. The molecule has 1 aromatic heterocycles. The van der Waals surface area contributed by atoms with E-state index in [4.69, 9.17) is 0 Å². The number of phenolic OH excluding ortho intramolecular Hbond substituents is 2. The number of hydrogen-bond donors (Lipinski definition) is 3. The quantitative estimate of drug-likeness (QED) is 0.623. The van der Waals surface area contributed by atoms with Crippen LogP contribution in [0.5, 0.6) is 11.5 Å². The van der Waals surface area contributed by atoms with E-state index in [-0.39, 0.29) is 28.5 Å². The molecular formula is C16H18BrNO2S. The summed E-state index contributed by atoms with van der Waals surface area (Å²) < 4.78 is 0. The monoisotopic (exact) mass is 367 g/mol. The summed E-state index contributed by atoms with van der Waals surface area (Å²) in [5.74, 6) is 0.297. The number of aromatic hydroxyl groups is 2. The lowest BCUT2D eigenvalue weighted by Gasteiger charge is -2.38. The molecule has 5 heteroatoms. The van der Waals surface area contributed by atoms with Crippen LogP contribution in [0.1, 0.15) is 38.8 Å². The van der Waals surface area contributed by atoms with Gasteiger partial charge >= 0.3 is 0 Å². The lowest BCUT2D eigenvalue weighted by molar-refractivity contribution is 0.383. The maximum atomic E-state index is 9.85. The maximum Gasteiger partial charge on any atom is 0.157 e. The van der Waals surface area contributed by atoms with Gasteiger partial charge in [0.1, 0.15) is 0 Å². The highest BCUT2D eigenvalue weighted by Gasteiger charge is 2.36. The summed E-state index contributed by atoms with van der Waals surface area (Å²) in [6, 6.07) is 6.19. The van der Waals surface area contributed by atoms with Crippen LogP contribution >= 0.6 is 28.3 Å². The van der Waals surface area contributed by atoms with Crippen molar-refractivity contribution >= 4 is 28.3 Å². The van der Waals surface area contributed by atoms with Crippen LogP contribution in [0, 0.1) is 6.92 Å². The second kappa shape index (κ2) is 5.30. The van der Waals surface area contributed by atoms with Gasteiger partial charge in [0.25, 0.3) is 0 Å². The first-order chi connectivity index (χ1) is 9.63. The minimum Gasteiger partial charge on any atom is -0.504 e. The van der Waals surface area contributed by atoms with E-state index >= 15 is 0 Å². The van der Waals surface area contributed by atoms with Crippen LogP contribution in [0.2, 0.25) is 0 Å². The Morgan fingerprint density at radius 3 is 2.71 bits per heavy atom. The first-order valence-corrected chi connectivity index (χ1v) is 7.82. The lowest BCUT2D eigenvalue weighted by atomic mass is 9.75. The molecule has 0 saturated heterocycles. The Hall–Kier alpha value is -1.04. The van der Waals surface area contributed by atoms with Gasteiger partial charge in [-0.25, -0.2) is 0 Å². The molecule has 1 aliphatic heterocycles. The van der Waals surface area contributed by atoms with E-state index in [0.29, 0.717) is 12.0 Å². The van der Waals surface area contributed by atoms with Crippen LogP contribution in [0.15, 0.2) is 18.2 Å². The Bertz CT molecular complexity index is 698. The minimum atomic E-state index is -0.00944. The fraction of sp³-hybridized carbons (Fsp3) is 0.375. The predicted molar refractivity (Wildman–Crippen MR) is 89.9 cm³/mol. The first-order valence-electron chi connectivity index (χ1n) is 7.01. The third-order valence-electron chi connectivity index (χ3n) is 4.50. The number of benzene rings is 1. The number of hydrogen-bond acceptors (Lipinski definition) is 4. The average Bonchev–Trinajstić information content (AvgIpc) is 2.80. The fourth-order valence-electron chi connectivity index (χ4n) is 3.61. The molecule has 0 saturated carbocycles. The van der Waals surface area contributed by atoms with Crippen molar-refractivity contribution in [1.29, 1.82) is 0 Å². The van der Waals surface area contributed by atoms with Crippen molar-refractivity contribution in [2.75, 3.05) is 0 Å². The van der Waals surface area contributed by atoms with E-state index in [0.717, 1.165) is 19.4 Å². The first kappa shape index (κ1) is 14.9. The number of rotatable bonds is 0. The average molecular weight is 368 g/mol. The van der Waals surface area contributed by atoms with Crippen molar-refractivity contribution in [1.82, 2.24) is 5.32 Å². The van der Waals surface area contributed by atoms with Crippen molar-refractivity contribution in [2.24, 2.45) is 0 Å². The van der Waals surface area contributed by atoms with Crippen LogP contribution in [0.25, 0.3) is 0 Å². The number of halogens is 1. The molecule has 4 rings (SSSR count). The van der Waals surface area contributed by atoms with Crippen molar-refractivity contribution in [3.8, 4) is 11.5 Å². The third-order valence-corrected chi connectivity index (χ3v) is 5.68. The summed E-state index contributed by atoms with van der Waals surface area (Å²) >= 11 is 1.87. The highest BCUT2D eigenvalue weighted by Crippen LogP contribution is 2.46. The van der Waals surface area contributed by atoms with Gasteiger partial charge in [-0.1, -0.05) is 0 Å². The molecule has 2 unspecified atom stereocenters. The Balaban J connectivity index is 0.00000132. The van der Waals surface area contributed by atoms with Crippen molar-refractivity contribution in [2.45, 2.75) is 38.3 Å². The molecule has 2 aliphatic rings. The molecule has 2 heterocycles. The summed E-state index contributed by atoms with van der Waals surface area (Å²) in [6.07, 6.45) is 2.04. The van der Waals surface area contributed by atoms with Crippen molar-refractivity contribution in [3.63, 3.8) is 0 Å². The van der Waals surface area contributed by atoms with Gasteiger partial charge in [0.15, 0.2) is 11.5 Å². The standard InChI is InChI=1S/C16H17NO2S.BrH/c1-8-4-10-7-17-12-3-2-9-5-13(18)14(19)6-11(9)15(12)16(10)20-8;/h4-6,12,15,17-19H,2-3,7H2,1H3;1H. The van der Waals surface area contributed by atoms with Gasteiger partial charge in [0, 0.05) is 28.3 Å². The smallest absolute Gasteiger partial charge is 0.157 e. The van der Waals surface area contributed by atoms with Crippen LogP contribution in [0.3, 0.4) is 0 Å². The Labute approximate surface area is 138 Å². The van der Waals surface area contributed by atoms with Crippen LogP contribution in [-0.4, -0.2) is 16.3 Å². The van der Waals surface area contributed by atoms with Gasteiger partial charge in [-0.2, -0.15) is 0 Å². The van der Waals surface area contributed by atoms with Crippen LogP contribution in [-0.2, 0) is 13.0 Å². The molecular weight excluding hydrogens is 350 g/mol. The van der Waals surface area contributed by atoms with E-state index in [1.54, 1.807) is 12.1 Å². The number of phenols is 2. The highest BCUT2D eigenvalue weighted by molar-refractivity contribution is 8.93. The van der Waals surface area contributed by atoms with Crippen molar-refractivity contribution in [3.05, 3.63) is 44.6 Å². The zero-order valence-corrected chi connectivity index (χ0v) is 14.2. The summed E-state index contributed by atoms with van der Waals surface area (Å²) in [7, 11) is 0. The number of aryl methyl sites for hydroxylation is 2.